The van der Waals surface area contributed by atoms with Crippen LogP contribution in [0.1, 0.15) is 30.6 Å². The molecule has 1 aromatic heterocycles. The van der Waals surface area contributed by atoms with Crippen LogP contribution in [0.25, 0.3) is 0 Å². The van der Waals surface area contributed by atoms with Crippen molar-refractivity contribution in [3.63, 3.8) is 0 Å². The number of pyridine rings is 1. The van der Waals surface area contributed by atoms with Crippen LogP contribution in [0.3, 0.4) is 0 Å². The van der Waals surface area contributed by atoms with Crippen LogP contribution in [-0.2, 0) is 0 Å². The number of rotatable bonds is 5. The number of hydrogen-bond acceptors (Lipinski definition) is 4. The van der Waals surface area contributed by atoms with Crippen LogP contribution >= 0.6 is 0 Å². The highest BCUT2D eigenvalue weighted by molar-refractivity contribution is 5.94. The number of nitrogens with two attached hydrogens (primary N) is 1. The number of carbonyl (C=O) groups is 1. The molecular weight excluding hydrogens is 246 g/mol. The number of aromatic hydroxyl groups is 1. The van der Waals surface area contributed by atoms with Gasteiger partial charge in [-0.15, -0.1) is 0 Å². The molecule has 106 valence electrons. The number of nitrogens with one attached hydrogen (secondary N) is 1. The van der Waals surface area contributed by atoms with Crippen molar-refractivity contribution in [2.45, 2.75) is 26.3 Å². The lowest BCUT2D eigenvalue weighted by atomic mass is 10.0. The first-order chi connectivity index (χ1) is 8.81. The van der Waals surface area contributed by atoms with Gasteiger partial charge in [-0.1, -0.05) is 13.8 Å². The number of carbonyl (C=O) groups excluding carboxylic acids is 1. The van der Waals surface area contributed by atoms with Gasteiger partial charge in [0, 0.05) is 31.8 Å². The van der Waals surface area contributed by atoms with E-state index >= 15 is 0 Å². The minimum absolute atomic E-state index is 0.0304. The van der Waals surface area contributed by atoms with Crippen molar-refractivity contribution in [2.24, 2.45) is 11.7 Å². The molecule has 0 spiro atoms. The molecule has 4 N–H and O–H groups in total. The van der Waals surface area contributed by atoms with E-state index in [1.165, 1.54) is 17.0 Å². The molecule has 0 saturated heterocycles. The number of H-pyrrole nitrogens is 1. The molecule has 0 aromatic carbocycles. The van der Waals surface area contributed by atoms with Crippen molar-refractivity contribution in [3.05, 3.63) is 28.0 Å². The summed E-state index contributed by atoms with van der Waals surface area (Å²) < 4.78 is 0. The van der Waals surface area contributed by atoms with E-state index in [0.717, 1.165) is 0 Å². The second-order valence-corrected chi connectivity index (χ2v) is 5.04. The van der Waals surface area contributed by atoms with Crippen molar-refractivity contribution < 1.29 is 9.90 Å². The zero-order chi connectivity index (χ0) is 14.6. The predicted octanol–water partition coefficient (Wildman–Crippen LogP) is 0.526. The Morgan fingerprint density at radius 1 is 1.47 bits per heavy atom. The van der Waals surface area contributed by atoms with Gasteiger partial charge >= 0.3 is 0 Å². The minimum Gasteiger partial charge on any atom is -0.494 e. The molecule has 1 atom stereocenters. The Balaban J connectivity index is 2.69. The third kappa shape index (κ3) is 4.40. The normalized spacial score (nSPS) is 12.5. The van der Waals surface area contributed by atoms with Crippen LogP contribution in [0.5, 0.6) is 5.88 Å². The second kappa shape index (κ2) is 6.38. The van der Waals surface area contributed by atoms with Gasteiger partial charge in [-0.2, -0.15) is 0 Å². The maximum Gasteiger partial charge on any atom is 0.253 e. The maximum atomic E-state index is 12.1. The molecule has 0 aliphatic heterocycles. The molecule has 0 aliphatic carbocycles. The summed E-state index contributed by atoms with van der Waals surface area (Å²) in [7, 11) is 1.65. The van der Waals surface area contributed by atoms with E-state index in [2.05, 4.69) is 4.98 Å². The second-order valence-electron chi connectivity index (χ2n) is 5.04. The van der Waals surface area contributed by atoms with Crippen molar-refractivity contribution in [2.75, 3.05) is 13.6 Å². The van der Waals surface area contributed by atoms with Gasteiger partial charge < -0.3 is 15.7 Å². The summed E-state index contributed by atoms with van der Waals surface area (Å²) in [5.74, 6) is -0.271. The van der Waals surface area contributed by atoms with Crippen LogP contribution in [0, 0.1) is 5.92 Å². The molecule has 6 heteroatoms. The average Bonchev–Trinajstić information content (AvgIpc) is 2.33. The summed E-state index contributed by atoms with van der Waals surface area (Å²) >= 11 is 0. The quantitative estimate of drug-likeness (QED) is 0.724. The van der Waals surface area contributed by atoms with Crippen LogP contribution in [0.4, 0.5) is 0 Å². The van der Waals surface area contributed by atoms with Gasteiger partial charge in [-0.05, 0) is 12.3 Å². The number of amides is 1. The van der Waals surface area contributed by atoms with E-state index < -0.39 is 5.56 Å². The molecule has 19 heavy (non-hydrogen) atoms. The Labute approximate surface area is 112 Å². The summed E-state index contributed by atoms with van der Waals surface area (Å²) in [5, 5.41) is 9.27. The van der Waals surface area contributed by atoms with E-state index in [0.29, 0.717) is 18.9 Å². The lowest BCUT2D eigenvalue weighted by Crippen LogP contribution is -2.35. The Kier molecular flexibility index (Phi) is 5.11. The SMILES string of the molecule is CC(C)C(N)CCN(C)C(=O)c1cc(O)[nH]c(=O)c1. The smallest absolute Gasteiger partial charge is 0.253 e. The molecule has 0 radical (unpaired) electrons. The minimum atomic E-state index is -0.504. The molecule has 1 amide bonds. The Morgan fingerprint density at radius 2 is 2.11 bits per heavy atom. The van der Waals surface area contributed by atoms with Gasteiger partial charge in [0.25, 0.3) is 11.5 Å². The van der Waals surface area contributed by atoms with Crippen LogP contribution in [-0.4, -0.2) is 40.5 Å². The fourth-order valence-corrected chi connectivity index (χ4v) is 1.65. The number of aromatic nitrogens is 1. The lowest BCUT2D eigenvalue weighted by Gasteiger charge is -2.21. The first-order valence-electron chi connectivity index (χ1n) is 6.25. The third-order valence-corrected chi connectivity index (χ3v) is 3.08. The van der Waals surface area contributed by atoms with Gasteiger partial charge in [0.1, 0.15) is 0 Å². The highest BCUT2D eigenvalue weighted by atomic mass is 16.3. The summed E-state index contributed by atoms with van der Waals surface area (Å²) in [6.45, 7) is 4.56. The van der Waals surface area contributed by atoms with Gasteiger partial charge in [0.05, 0.1) is 5.56 Å². The molecule has 6 nitrogen and oxygen atoms in total. The van der Waals surface area contributed by atoms with Gasteiger partial charge in [-0.3, -0.25) is 14.6 Å². The predicted molar refractivity (Wildman–Crippen MR) is 73.1 cm³/mol. The zero-order valence-electron chi connectivity index (χ0n) is 11.5. The number of aromatic amines is 1. The summed E-state index contributed by atoms with van der Waals surface area (Å²) in [4.78, 5) is 26.9. The topological polar surface area (TPSA) is 99.4 Å². The van der Waals surface area contributed by atoms with Crippen molar-refractivity contribution in [3.8, 4) is 5.88 Å². The molecule has 1 heterocycles. The summed E-state index contributed by atoms with van der Waals surface area (Å²) in [6, 6.07) is 2.44. The molecule has 0 fully saturated rings. The molecule has 1 aromatic rings. The molecular formula is C13H21N3O3. The molecule has 0 saturated carbocycles. The Bertz CT molecular complexity index is 496. The zero-order valence-corrected chi connectivity index (χ0v) is 11.5. The van der Waals surface area contributed by atoms with Crippen molar-refractivity contribution in [1.29, 1.82) is 0 Å². The number of hydrogen-bond donors (Lipinski definition) is 3. The van der Waals surface area contributed by atoms with E-state index in [1.807, 2.05) is 13.8 Å². The van der Waals surface area contributed by atoms with Crippen LogP contribution in [0.2, 0.25) is 0 Å². The summed E-state index contributed by atoms with van der Waals surface area (Å²) in [6.07, 6.45) is 0.690. The summed E-state index contributed by atoms with van der Waals surface area (Å²) in [5.41, 5.74) is 5.58. The van der Waals surface area contributed by atoms with Gasteiger partial charge in [0.15, 0.2) is 5.88 Å². The monoisotopic (exact) mass is 267 g/mol. The standard InChI is InChI=1S/C13H21N3O3/c1-8(2)10(14)4-5-16(3)13(19)9-6-11(17)15-12(18)7-9/h6-8,10H,4-5,14H2,1-3H3,(H2,15,17,18). The fraction of sp³-hybridized carbons (Fsp3) is 0.538. The largest absolute Gasteiger partial charge is 0.494 e. The first kappa shape index (κ1) is 15.2. The Morgan fingerprint density at radius 3 is 2.63 bits per heavy atom. The first-order valence-corrected chi connectivity index (χ1v) is 6.25. The van der Waals surface area contributed by atoms with E-state index in [1.54, 1.807) is 7.05 Å². The highest BCUT2D eigenvalue weighted by Crippen LogP contribution is 2.09. The van der Waals surface area contributed by atoms with Gasteiger partial charge in [0.2, 0.25) is 0 Å². The van der Waals surface area contributed by atoms with Gasteiger partial charge in [-0.25, -0.2) is 0 Å². The van der Waals surface area contributed by atoms with Crippen molar-refractivity contribution in [1.82, 2.24) is 9.88 Å². The average molecular weight is 267 g/mol. The molecule has 1 unspecified atom stereocenters. The molecule has 0 aliphatic rings. The van der Waals surface area contributed by atoms with E-state index in [-0.39, 0.29) is 23.4 Å². The number of nitrogens with zero attached hydrogens (tertiary/aromatic N) is 1. The van der Waals surface area contributed by atoms with E-state index in [4.69, 9.17) is 5.73 Å². The highest BCUT2D eigenvalue weighted by Gasteiger charge is 2.15. The fourth-order valence-electron chi connectivity index (χ4n) is 1.65. The van der Waals surface area contributed by atoms with Crippen LogP contribution in [0.15, 0.2) is 16.9 Å². The van der Waals surface area contributed by atoms with E-state index in [9.17, 15) is 14.7 Å². The Hall–Kier alpha value is -1.82. The van der Waals surface area contributed by atoms with Crippen molar-refractivity contribution >= 4 is 5.91 Å². The molecule has 0 bridgehead atoms. The van der Waals surface area contributed by atoms with Crippen LogP contribution < -0.4 is 11.3 Å². The lowest BCUT2D eigenvalue weighted by molar-refractivity contribution is 0.0788. The molecule has 1 rings (SSSR count). The third-order valence-electron chi connectivity index (χ3n) is 3.08. The maximum absolute atomic E-state index is 12.1.